The van der Waals surface area contributed by atoms with Gasteiger partial charge in [-0.25, -0.2) is 0 Å². The fraction of sp³-hybridized carbons (Fsp3) is 0.741. The molecule has 168 valence electrons. The van der Waals surface area contributed by atoms with Crippen LogP contribution in [0.25, 0.3) is 6.08 Å². The molecule has 3 aliphatic carbocycles. The molecule has 0 bridgehead atoms. The average Bonchev–Trinajstić information content (AvgIpc) is 3.01. The van der Waals surface area contributed by atoms with Gasteiger partial charge in [-0.05, 0) is 84.5 Å². The number of fused-ring (bicyclic) bond motifs is 5. The highest BCUT2D eigenvalue weighted by molar-refractivity contribution is 5.77. The van der Waals surface area contributed by atoms with E-state index in [2.05, 4.69) is 61.8 Å². The van der Waals surface area contributed by atoms with E-state index in [1.165, 1.54) is 25.7 Å². The van der Waals surface area contributed by atoms with Gasteiger partial charge >= 0.3 is 0 Å². The number of hydrogen-bond acceptors (Lipinski definition) is 3. The minimum atomic E-state index is 0.290. The maximum Gasteiger partial charge on any atom is 0.222 e. The largest absolute Gasteiger partial charge is 0.342 e. The van der Waals surface area contributed by atoms with Gasteiger partial charge in [0.25, 0.3) is 0 Å². The lowest BCUT2D eigenvalue weighted by Crippen LogP contribution is -2.63. The fourth-order valence-corrected chi connectivity index (χ4v) is 8.88. The summed E-state index contributed by atoms with van der Waals surface area (Å²) in [5, 5.41) is 0. The number of carbonyl (C=O) groups excluding carboxylic acids is 1. The Bertz CT molecular complexity index is 868. The Morgan fingerprint density at radius 2 is 1.87 bits per heavy atom. The van der Waals surface area contributed by atoms with Gasteiger partial charge in [0.1, 0.15) is 0 Å². The lowest BCUT2D eigenvalue weighted by molar-refractivity contribution is -0.165. The first-order valence-electron chi connectivity index (χ1n) is 12.5. The van der Waals surface area contributed by atoms with Gasteiger partial charge in [-0.2, -0.15) is 0 Å². The van der Waals surface area contributed by atoms with Crippen molar-refractivity contribution in [2.45, 2.75) is 72.3 Å². The third-order valence-corrected chi connectivity index (χ3v) is 10.4. The molecule has 3 saturated carbocycles. The molecule has 4 fully saturated rings. The highest BCUT2D eigenvalue weighted by Gasteiger charge is 2.63. The van der Waals surface area contributed by atoms with Crippen molar-refractivity contribution in [3.63, 3.8) is 0 Å². The van der Waals surface area contributed by atoms with Crippen LogP contribution in [-0.4, -0.2) is 33.9 Å². The molecule has 0 radical (unpaired) electrons. The number of hydrogen-bond donors (Lipinski definition) is 0. The Kier molecular flexibility index (Phi) is 5.06. The summed E-state index contributed by atoms with van der Waals surface area (Å²) in [6.07, 6.45) is 17.0. The molecule has 1 aromatic heterocycles. The summed E-state index contributed by atoms with van der Waals surface area (Å²) in [6.45, 7) is 10.1. The molecule has 1 aliphatic heterocycles. The second-order valence-corrected chi connectivity index (χ2v) is 11.8. The predicted molar refractivity (Wildman–Crippen MR) is 124 cm³/mol. The van der Waals surface area contributed by atoms with E-state index in [9.17, 15) is 4.79 Å². The zero-order chi connectivity index (χ0) is 22.0. The van der Waals surface area contributed by atoms with E-state index in [0.717, 1.165) is 36.3 Å². The van der Waals surface area contributed by atoms with Crippen LogP contribution in [0, 0.1) is 46.3 Å². The van der Waals surface area contributed by atoms with Crippen molar-refractivity contribution in [3.05, 3.63) is 30.4 Å². The summed E-state index contributed by atoms with van der Waals surface area (Å²) in [4.78, 5) is 23.3. The summed E-state index contributed by atoms with van der Waals surface area (Å²) >= 11 is 0. The second-order valence-electron chi connectivity index (χ2n) is 11.8. The number of nitrogens with zero attached hydrogens (tertiary/aromatic N) is 3. The molecule has 4 aliphatic rings. The zero-order valence-electron chi connectivity index (χ0n) is 19.9. The van der Waals surface area contributed by atoms with Crippen molar-refractivity contribution < 1.29 is 4.79 Å². The molecule has 4 nitrogen and oxygen atoms in total. The van der Waals surface area contributed by atoms with E-state index in [0.29, 0.717) is 35.1 Å². The van der Waals surface area contributed by atoms with Crippen LogP contribution in [0.15, 0.2) is 24.7 Å². The molecule has 31 heavy (non-hydrogen) atoms. The second kappa shape index (κ2) is 7.42. The first kappa shape index (κ1) is 21.2. The molecule has 9 atom stereocenters. The van der Waals surface area contributed by atoms with Crippen LogP contribution >= 0.6 is 0 Å². The minimum absolute atomic E-state index is 0.290. The number of carbonyl (C=O) groups is 1. The summed E-state index contributed by atoms with van der Waals surface area (Å²) in [7, 11) is 2.06. The van der Waals surface area contributed by atoms with E-state index in [1.807, 2.05) is 6.20 Å². The number of amides is 1. The maximum absolute atomic E-state index is 12.5. The molecule has 0 aromatic carbocycles. The maximum atomic E-state index is 12.5. The summed E-state index contributed by atoms with van der Waals surface area (Å²) in [6, 6.07) is 0.431. The summed E-state index contributed by atoms with van der Waals surface area (Å²) in [5.41, 5.74) is 1.62. The smallest absolute Gasteiger partial charge is 0.222 e. The minimum Gasteiger partial charge on any atom is -0.342 e. The van der Waals surface area contributed by atoms with Gasteiger partial charge < -0.3 is 4.90 Å². The highest BCUT2D eigenvalue weighted by atomic mass is 16.2. The molecule has 0 N–H and O–H groups in total. The van der Waals surface area contributed by atoms with Crippen LogP contribution in [0.1, 0.15) is 71.9 Å². The first-order chi connectivity index (χ1) is 14.8. The zero-order valence-corrected chi connectivity index (χ0v) is 19.9. The monoisotopic (exact) mass is 421 g/mol. The fourth-order valence-electron chi connectivity index (χ4n) is 8.88. The van der Waals surface area contributed by atoms with Crippen LogP contribution in [0.2, 0.25) is 0 Å². The molecule has 1 amide bonds. The van der Waals surface area contributed by atoms with E-state index in [4.69, 9.17) is 0 Å². The van der Waals surface area contributed by atoms with Gasteiger partial charge in [0.2, 0.25) is 5.91 Å². The molecule has 4 heteroatoms. The van der Waals surface area contributed by atoms with Gasteiger partial charge in [0.15, 0.2) is 0 Å². The van der Waals surface area contributed by atoms with Crippen molar-refractivity contribution in [3.8, 4) is 0 Å². The van der Waals surface area contributed by atoms with Crippen molar-refractivity contribution in [1.29, 1.82) is 0 Å². The molecule has 1 aromatic rings. The number of aromatic nitrogens is 2. The van der Waals surface area contributed by atoms with E-state index in [-0.39, 0.29) is 5.41 Å². The van der Waals surface area contributed by atoms with Gasteiger partial charge in [0.05, 0.1) is 11.9 Å². The summed E-state index contributed by atoms with van der Waals surface area (Å²) in [5.74, 6) is 4.69. The van der Waals surface area contributed by atoms with Crippen molar-refractivity contribution in [2.75, 3.05) is 7.05 Å². The first-order valence-corrected chi connectivity index (χ1v) is 12.5. The summed E-state index contributed by atoms with van der Waals surface area (Å²) < 4.78 is 0. The van der Waals surface area contributed by atoms with Crippen LogP contribution in [0.5, 0.6) is 0 Å². The van der Waals surface area contributed by atoms with Gasteiger partial charge in [-0.1, -0.05) is 33.8 Å². The molecule has 0 spiro atoms. The predicted octanol–water partition coefficient (Wildman–Crippen LogP) is 5.46. The molecule has 2 unspecified atom stereocenters. The number of piperidine rings is 1. The molecule has 5 rings (SSSR count). The van der Waals surface area contributed by atoms with Crippen molar-refractivity contribution in [1.82, 2.24) is 14.9 Å². The number of likely N-dealkylation sites (tertiary alicyclic amines) is 1. The Labute approximate surface area is 187 Å². The van der Waals surface area contributed by atoms with E-state index in [1.54, 1.807) is 12.4 Å². The van der Waals surface area contributed by atoms with Gasteiger partial charge in [0, 0.05) is 31.9 Å². The highest BCUT2D eigenvalue weighted by Crippen LogP contribution is 2.68. The van der Waals surface area contributed by atoms with E-state index < -0.39 is 0 Å². The van der Waals surface area contributed by atoms with Gasteiger partial charge in [-0.15, -0.1) is 0 Å². The Morgan fingerprint density at radius 1 is 1.06 bits per heavy atom. The molecule has 1 saturated heterocycles. The number of allylic oxidation sites excluding steroid dienone is 1. The Balaban J connectivity index is 1.44. The van der Waals surface area contributed by atoms with Gasteiger partial charge in [-0.3, -0.25) is 14.8 Å². The lowest BCUT2D eigenvalue weighted by atomic mass is 9.44. The van der Waals surface area contributed by atoms with Crippen LogP contribution in [0.4, 0.5) is 0 Å². The quantitative estimate of drug-likeness (QED) is 0.637. The van der Waals surface area contributed by atoms with Crippen molar-refractivity contribution >= 4 is 12.0 Å². The lowest BCUT2D eigenvalue weighted by Gasteiger charge is -2.63. The number of rotatable bonds is 2. The third kappa shape index (κ3) is 3.11. The third-order valence-electron chi connectivity index (χ3n) is 10.4. The normalized spacial score (nSPS) is 47.2. The molecular formula is C27H39N3O. The topological polar surface area (TPSA) is 46.1 Å². The SMILES string of the molecule is CC1C[C@H]2N(C)C(=O)CC[C@]2(C)[C@H]2CC[C@]3(C)[C@@H](/C=C/c4cnccn4)C(C)C[C@H]3[C@H]12. The van der Waals surface area contributed by atoms with Crippen LogP contribution < -0.4 is 0 Å². The van der Waals surface area contributed by atoms with Crippen molar-refractivity contribution in [2.24, 2.45) is 46.3 Å². The van der Waals surface area contributed by atoms with Crippen LogP contribution in [0.3, 0.4) is 0 Å². The standard InChI is InChI=1S/C27H39N3O/c1-17-14-22-25-18(2)15-23-27(4,11-9-24(31)30(23)5)21(25)8-10-26(22,3)20(17)7-6-19-16-28-12-13-29-19/h6-7,12-13,16-18,20-23,25H,8-11,14-15H2,1-5H3/b7-6+/t17?,18?,20-,21-,22-,23+,25+,26+,27+/m0/s1. The Hall–Kier alpha value is -1.71. The molecular weight excluding hydrogens is 382 g/mol. The molecule has 2 heterocycles. The van der Waals surface area contributed by atoms with Crippen LogP contribution in [-0.2, 0) is 4.79 Å². The average molecular weight is 422 g/mol. The van der Waals surface area contributed by atoms with E-state index >= 15 is 0 Å². The Morgan fingerprint density at radius 3 is 2.61 bits per heavy atom.